The minimum atomic E-state index is -0.0353. The van der Waals surface area contributed by atoms with Crippen molar-refractivity contribution in [1.82, 2.24) is 21.1 Å². The highest BCUT2D eigenvalue weighted by molar-refractivity contribution is 5.82. The molecule has 1 amide bonds. The number of hydrogen-bond acceptors (Lipinski definition) is 4. The fraction of sp³-hybridized carbons (Fsp3) is 0.381. The Hall–Kier alpha value is -2.21. The van der Waals surface area contributed by atoms with Crippen molar-refractivity contribution in [2.24, 2.45) is 0 Å². The van der Waals surface area contributed by atoms with Gasteiger partial charge in [0.15, 0.2) is 0 Å². The lowest BCUT2D eigenvalue weighted by Crippen LogP contribution is -2.50. The fourth-order valence-corrected chi connectivity index (χ4v) is 3.95. The maximum absolute atomic E-state index is 12.8. The number of likely N-dealkylation sites (tertiary alicyclic amines) is 1. The monoisotopic (exact) mass is 350 g/mol. The highest BCUT2D eigenvalue weighted by Crippen LogP contribution is 2.23. The van der Waals surface area contributed by atoms with Crippen LogP contribution in [0.2, 0.25) is 0 Å². The van der Waals surface area contributed by atoms with Crippen molar-refractivity contribution < 1.29 is 4.79 Å². The normalized spacial score (nSPS) is 26.1. The molecular weight excluding hydrogens is 324 g/mol. The number of carbonyl (C=O) groups is 1. The highest BCUT2D eigenvalue weighted by atomic mass is 16.2. The van der Waals surface area contributed by atoms with Crippen LogP contribution in [-0.4, -0.2) is 29.6 Å². The van der Waals surface area contributed by atoms with Crippen LogP contribution in [0.25, 0.3) is 0 Å². The first-order valence-electron chi connectivity index (χ1n) is 9.44. The van der Waals surface area contributed by atoms with E-state index in [4.69, 9.17) is 0 Å². The molecule has 2 saturated heterocycles. The molecule has 3 N–H and O–H groups in total. The number of rotatable bonds is 5. The summed E-state index contributed by atoms with van der Waals surface area (Å²) < 4.78 is 0. The van der Waals surface area contributed by atoms with Crippen molar-refractivity contribution in [2.75, 3.05) is 6.54 Å². The van der Waals surface area contributed by atoms with Crippen LogP contribution in [0.5, 0.6) is 0 Å². The Kier molecular flexibility index (Phi) is 5.29. The molecule has 26 heavy (non-hydrogen) atoms. The van der Waals surface area contributed by atoms with Gasteiger partial charge in [0.2, 0.25) is 5.91 Å². The Morgan fingerprint density at radius 3 is 2.54 bits per heavy atom. The zero-order chi connectivity index (χ0) is 17.8. The standard InChI is InChI=1S/C21H26N4O/c26-21(19-12-7-13-25(19)15-16-8-3-1-4-9-16)22-20-14-18(23-24-20)17-10-5-2-6-11-17/h1-6,8-11,18-20,23-24H,7,12-15H2,(H,22,26). The molecule has 136 valence electrons. The van der Waals surface area contributed by atoms with Gasteiger partial charge in [-0.25, -0.2) is 10.9 Å². The van der Waals surface area contributed by atoms with Gasteiger partial charge in [0.1, 0.15) is 0 Å². The van der Waals surface area contributed by atoms with Crippen molar-refractivity contribution in [1.29, 1.82) is 0 Å². The molecule has 2 aromatic carbocycles. The molecule has 2 fully saturated rings. The molecule has 3 atom stereocenters. The Labute approximate surface area is 154 Å². The summed E-state index contributed by atoms with van der Waals surface area (Å²) in [5.41, 5.74) is 9.02. The van der Waals surface area contributed by atoms with Gasteiger partial charge in [-0.2, -0.15) is 0 Å². The Bertz CT molecular complexity index is 721. The number of carbonyl (C=O) groups excluding carboxylic acids is 1. The first-order chi connectivity index (χ1) is 12.8. The lowest BCUT2D eigenvalue weighted by atomic mass is 10.0. The molecule has 4 rings (SSSR count). The number of amides is 1. The largest absolute Gasteiger partial charge is 0.338 e. The number of hydrazine groups is 1. The van der Waals surface area contributed by atoms with Gasteiger partial charge in [0, 0.05) is 19.0 Å². The number of nitrogens with zero attached hydrogens (tertiary/aromatic N) is 1. The van der Waals surface area contributed by atoms with Crippen LogP contribution < -0.4 is 16.2 Å². The summed E-state index contributed by atoms with van der Waals surface area (Å²) >= 11 is 0. The SMILES string of the molecule is O=C(NC1CC(c2ccccc2)NN1)C1CCCN1Cc1ccccc1. The van der Waals surface area contributed by atoms with Crippen LogP contribution in [0.15, 0.2) is 60.7 Å². The van der Waals surface area contributed by atoms with Crippen molar-refractivity contribution >= 4 is 5.91 Å². The van der Waals surface area contributed by atoms with Crippen molar-refractivity contribution in [3.8, 4) is 0 Å². The third-order valence-corrected chi connectivity index (χ3v) is 5.32. The number of nitrogens with one attached hydrogen (secondary N) is 3. The van der Waals surface area contributed by atoms with Gasteiger partial charge in [-0.15, -0.1) is 0 Å². The van der Waals surface area contributed by atoms with Crippen LogP contribution in [-0.2, 0) is 11.3 Å². The summed E-state index contributed by atoms with van der Waals surface area (Å²) in [4.78, 5) is 15.1. The second kappa shape index (κ2) is 7.99. The molecule has 5 heteroatoms. The quantitative estimate of drug-likeness (QED) is 0.775. The van der Waals surface area contributed by atoms with E-state index in [9.17, 15) is 4.79 Å². The third kappa shape index (κ3) is 3.96. The predicted molar refractivity (Wildman–Crippen MR) is 102 cm³/mol. The van der Waals surface area contributed by atoms with Gasteiger partial charge in [0.25, 0.3) is 0 Å². The maximum Gasteiger partial charge on any atom is 0.238 e. The second-order valence-electron chi connectivity index (χ2n) is 7.16. The van der Waals surface area contributed by atoms with Gasteiger partial charge >= 0.3 is 0 Å². The van der Waals surface area contributed by atoms with Crippen molar-refractivity contribution in [3.05, 3.63) is 71.8 Å². The van der Waals surface area contributed by atoms with Gasteiger partial charge < -0.3 is 5.32 Å². The smallest absolute Gasteiger partial charge is 0.238 e. The predicted octanol–water partition coefficient (Wildman–Crippen LogP) is 2.33. The summed E-state index contributed by atoms with van der Waals surface area (Å²) in [6.45, 7) is 1.82. The molecule has 5 nitrogen and oxygen atoms in total. The zero-order valence-electron chi connectivity index (χ0n) is 14.9. The van der Waals surface area contributed by atoms with E-state index in [2.05, 4.69) is 57.5 Å². The highest BCUT2D eigenvalue weighted by Gasteiger charge is 2.33. The molecule has 2 heterocycles. The second-order valence-corrected chi connectivity index (χ2v) is 7.16. The molecule has 2 aliphatic rings. The molecule has 0 aromatic heterocycles. The van der Waals surface area contributed by atoms with Crippen LogP contribution >= 0.6 is 0 Å². The first-order valence-corrected chi connectivity index (χ1v) is 9.44. The van der Waals surface area contributed by atoms with E-state index in [1.54, 1.807) is 0 Å². The van der Waals surface area contributed by atoms with Gasteiger partial charge in [0.05, 0.1) is 12.2 Å². The van der Waals surface area contributed by atoms with Crippen molar-refractivity contribution in [2.45, 2.75) is 44.1 Å². The molecule has 0 spiro atoms. The third-order valence-electron chi connectivity index (χ3n) is 5.32. The van der Waals surface area contributed by atoms with Crippen LogP contribution in [0.3, 0.4) is 0 Å². The lowest BCUT2D eigenvalue weighted by Gasteiger charge is -2.25. The van der Waals surface area contributed by atoms with Crippen LogP contribution in [0, 0.1) is 0 Å². The average Bonchev–Trinajstić information content (AvgIpc) is 3.33. The zero-order valence-corrected chi connectivity index (χ0v) is 14.9. The minimum Gasteiger partial charge on any atom is -0.338 e. The Balaban J connectivity index is 1.33. The van der Waals surface area contributed by atoms with E-state index >= 15 is 0 Å². The Morgan fingerprint density at radius 2 is 1.77 bits per heavy atom. The number of hydrogen-bond donors (Lipinski definition) is 3. The van der Waals surface area contributed by atoms with Crippen LogP contribution in [0.4, 0.5) is 0 Å². The van der Waals surface area contributed by atoms with E-state index < -0.39 is 0 Å². The van der Waals surface area contributed by atoms with Crippen molar-refractivity contribution in [3.63, 3.8) is 0 Å². The lowest BCUT2D eigenvalue weighted by molar-refractivity contribution is -0.126. The first kappa shape index (κ1) is 17.2. The molecule has 0 radical (unpaired) electrons. The van der Waals surface area contributed by atoms with E-state index in [0.717, 1.165) is 32.4 Å². The van der Waals surface area contributed by atoms with E-state index in [-0.39, 0.29) is 24.2 Å². The molecule has 0 bridgehead atoms. The average molecular weight is 350 g/mol. The minimum absolute atomic E-state index is 0.0345. The molecule has 2 aliphatic heterocycles. The number of benzene rings is 2. The fourth-order valence-electron chi connectivity index (χ4n) is 3.95. The molecular formula is C21H26N4O. The van der Waals surface area contributed by atoms with Gasteiger partial charge in [-0.3, -0.25) is 9.69 Å². The van der Waals surface area contributed by atoms with Crippen LogP contribution in [0.1, 0.15) is 36.4 Å². The summed E-state index contributed by atoms with van der Waals surface area (Å²) in [6, 6.07) is 20.9. The summed E-state index contributed by atoms with van der Waals surface area (Å²) in [5.74, 6) is 0.131. The summed E-state index contributed by atoms with van der Waals surface area (Å²) in [7, 11) is 0. The van der Waals surface area contributed by atoms with Gasteiger partial charge in [-0.05, 0) is 30.5 Å². The summed E-state index contributed by atoms with van der Waals surface area (Å²) in [5, 5.41) is 3.18. The molecule has 0 aliphatic carbocycles. The summed E-state index contributed by atoms with van der Waals surface area (Å²) in [6.07, 6.45) is 2.82. The van der Waals surface area contributed by atoms with Gasteiger partial charge in [-0.1, -0.05) is 60.7 Å². The maximum atomic E-state index is 12.8. The Morgan fingerprint density at radius 1 is 1.04 bits per heavy atom. The molecule has 0 saturated carbocycles. The van der Waals surface area contributed by atoms with E-state index in [1.807, 2.05) is 24.3 Å². The molecule has 2 aromatic rings. The van der Waals surface area contributed by atoms with E-state index in [0.29, 0.717) is 0 Å². The van der Waals surface area contributed by atoms with E-state index in [1.165, 1.54) is 11.1 Å². The topological polar surface area (TPSA) is 56.4 Å². The molecule has 3 unspecified atom stereocenters.